The van der Waals surface area contributed by atoms with E-state index in [0.717, 1.165) is 0 Å². The fraction of sp³-hybridized carbons (Fsp3) is 0.700. The van der Waals surface area contributed by atoms with Gasteiger partial charge in [0.25, 0.3) is 0 Å². The van der Waals surface area contributed by atoms with Crippen molar-refractivity contribution < 1.29 is 14.4 Å². The number of piperazine rings is 1. The van der Waals surface area contributed by atoms with Crippen LogP contribution in [0.2, 0.25) is 0 Å². The Labute approximate surface area is 94.4 Å². The summed E-state index contributed by atoms with van der Waals surface area (Å²) in [7, 11) is 1.75. The summed E-state index contributed by atoms with van der Waals surface area (Å²) in [6.07, 6.45) is 0.817. The predicted molar refractivity (Wildman–Crippen MR) is 57.5 cm³/mol. The first-order chi connectivity index (χ1) is 7.60. The maximum absolute atomic E-state index is 11.8. The minimum Gasteiger partial charge on any atom is -0.321 e. The van der Waals surface area contributed by atoms with Crippen molar-refractivity contribution in [2.75, 3.05) is 20.1 Å². The number of nitrogens with zero attached hydrogens (tertiary/aromatic N) is 1. The Hall–Kier alpha value is -1.43. The zero-order valence-corrected chi connectivity index (χ0v) is 9.58. The molecule has 0 aliphatic carbocycles. The highest BCUT2D eigenvalue weighted by Crippen LogP contribution is 2.10. The van der Waals surface area contributed by atoms with Crippen molar-refractivity contribution in [1.29, 1.82) is 0 Å². The maximum Gasteiger partial charge on any atom is 0.249 e. The summed E-state index contributed by atoms with van der Waals surface area (Å²) in [6.45, 7) is 2.34. The van der Waals surface area contributed by atoms with E-state index in [1.54, 1.807) is 7.05 Å². The molecular formula is C10H17N3O3. The van der Waals surface area contributed by atoms with E-state index in [0.29, 0.717) is 19.4 Å². The highest BCUT2D eigenvalue weighted by Gasteiger charge is 2.34. The molecule has 1 fully saturated rings. The topological polar surface area (TPSA) is 78.5 Å². The van der Waals surface area contributed by atoms with Crippen LogP contribution in [-0.4, -0.2) is 48.8 Å². The van der Waals surface area contributed by atoms with Crippen LogP contribution in [0.3, 0.4) is 0 Å². The summed E-state index contributed by atoms with van der Waals surface area (Å²) in [6, 6.07) is -0.512. The number of hydrogen-bond donors (Lipinski definition) is 2. The van der Waals surface area contributed by atoms with Gasteiger partial charge in [0, 0.05) is 13.0 Å². The quantitative estimate of drug-likeness (QED) is 0.595. The molecule has 0 saturated carbocycles. The molecule has 0 spiro atoms. The molecule has 1 saturated heterocycles. The van der Waals surface area contributed by atoms with E-state index in [2.05, 4.69) is 10.6 Å². The summed E-state index contributed by atoms with van der Waals surface area (Å²) in [5.74, 6) is -0.950. The van der Waals surface area contributed by atoms with Gasteiger partial charge in [-0.25, -0.2) is 0 Å². The zero-order chi connectivity index (χ0) is 12.1. The average molecular weight is 227 g/mol. The van der Waals surface area contributed by atoms with Crippen LogP contribution in [0.4, 0.5) is 0 Å². The Morgan fingerprint density at radius 1 is 1.56 bits per heavy atom. The van der Waals surface area contributed by atoms with Crippen molar-refractivity contribution in [1.82, 2.24) is 15.5 Å². The first kappa shape index (κ1) is 12.6. The molecule has 6 heteroatoms. The molecule has 16 heavy (non-hydrogen) atoms. The normalized spacial score (nSPS) is 20.9. The second-order valence-corrected chi connectivity index (χ2v) is 3.71. The monoisotopic (exact) mass is 227 g/mol. The molecule has 0 aromatic heterocycles. The zero-order valence-electron chi connectivity index (χ0n) is 9.58. The van der Waals surface area contributed by atoms with E-state index in [-0.39, 0.29) is 18.4 Å². The standard InChI is InChI=1S/C10H17N3O3/c1-3-7-10(16)12-8(14)6-13(7)9(15)4-5-11-2/h7,11H,3-6H2,1-2H3,(H,12,14,16). The Morgan fingerprint density at radius 3 is 2.81 bits per heavy atom. The number of nitrogens with one attached hydrogen (secondary N) is 2. The van der Waals surface area contributed by atoms with Gasteiger partial charge < -0.3 is 10.2 Å². The molecule has 1 rings (SSSR count). The second-order valence-electron chi connectivity index (χ2n) is 3.71. The Bertz CT molecular complexity index is 304. The largest absolute Gasteiger partial charge is 0.321 e. The Balaban J connectivity index is 2.70. The number of amides is 3. The molecular weight excluding hydrogens is 210 g/mol. The Morgan fingerprint density at radius 2 is 2.25 bits per heavy atom. The lowest BCUT2D eigenvalue weighted by Crippen LogP contribution is -2.59. The number of rotatable bonds is 4. The third-order valence-electron chi connectivity index (χ3n) is 2.55. The molecule has 6 nitrogen and oxygen atoms in total. The number of carbonyl (C=O) groups is 3. The van der Waals surface area contributed by atoms with Gasteiger partial charge >= 0.3 is 0 Å². The van der Waals surface area contributed by atoms with Gasteiger partial charge in [-0.15, -0.1) is 0 Å². The molecule has 0 radical (unpaired) electrons. The molecule has 1 aliphatic rings. The van der Waals surface area contributed by atoms with Gasteiger partial charge in [-0.3, -0.25) is 19.7 Å². The molecule has 3 amide bonds. The van der Waals surface area contributed by atoms with E-state index >= 15 is 0 Å². The minimum atomic E-state index is -0.512. The first-order valence-electron chi connectivity index (χ1n) is 5.38. The highest BCUT2D eigenvalue weighted by molar-refractivity contribution is 6.04. The van der Waals surface area contributed by atoms with Crippen LogP contribution in [0.5, 0.6) is 0 Å². The average Bonchev–Trinajstić information content (AvgIpc) is 2.24. The van der Waals surface area contributed by atoms with Crippen molar-refractivity contribution in [3.63, 3.8) is 0 Å². The smallest absolute Gasteiger partial charge is 0.249 e. The second kappa shape index (κ2) is 5.60. The lowest BCUT2D eigenvalue weighted by atomic mass is 10.1. The molecule has 1 heterocycles. The van der Waals surface area contributed by atoms with Crippen molar-refractivity contribution in [2.24, 2.45) is 0 Å². The molecule has 90 valence electrons. The van der Waals surface area contributed by atoms with Gasteiger partial charge in [0.1, 0.15) is 12.6 Å². The van der Waals surface area contributed by atoms with Crippen molar-refractivity contribution >= 4 is 17.7 Å². The molecule has 0 aromatic rings. The van der Waals surface area contributed by atoms with Crippen LogP contribution in [0, 0.1) is 0 Å². The van der Waals surface area contributed by atoms with E-state index in [9.17, 15) is 14.4 Å². The van der Waals surface area contributed by atoms with E-state index in [1.165, 1.54) is 4.90 Å². The summed E-state index contributed by atoms with van der Waals surface area (Å²) >= 11 is 0. The predicted octanol–water partition coefficient (Wildman–Crippen LogP) is -1.14. The summed E-state index contributed by atoms with van der Waals surface area (Å²) in [5, 5.41) is 5.09. The minimum absolute atomic E-state index is 0.0210. The van der Waals surface area contributed by atoms with E-state index < -0.39 is 11.9 Å². The van der Waals surface area contributed by atoms with Crippen molar-refractivity contribution in [3.05, 3.63) is 0 Å². The molecule has 1 unspecified atom stereocenters. The molecule has 1 aliphatic heterocycles. The number of hydrogen-bond acceptors (Lipinski definition) is 4. The van der Waals surface area contributed by atoms with Crippen LogP contribution in [0.1, 0.15) is 19.8 Å². The van der Waals surface area contributed by atoms with Crippen LogP contribution in [0.25, 0.3) is 0 Å². The van der Waals surface area contributed by atoms with E-state index in [4.69, 9.17) is 0 Å². The highest BCUT2D eigenvalue weighted by atomic mass is 16.2. The third kappa shape index (κ3) is 2.79. The van der Waals surface area contributed by atoms with Crippen molar-refractivity contribution in [3.8, 4) is 0 Å². The summed E-state index contributed by atoms with van der Waals surface area (Å²) < 4.78 is 0. The van der Waals surface area contributed by atoms with Gasteiger partial charge in [-0.1, -0.05) is 6.92 Å². The van der Waals surface area contributed by atoms with Gasteiger partial charge in [-0.05, 0) is 13.5 Å². The van der Waals surface area contributed by atoms with Gasteiger partial charge in [0.15, 0.2) is 0 Å². The first-order valence-corrected chi connectivity index (χ1v) is 5.38. The number of imide groups is 1. The van der Waals surface area contributed by atoms with Crippen LogP contribution in [0.15, 0.2) is 0 Å². The van der Waals surface area contributed by atoms with Crippen LogP contribution < -0.4 is 10.6 Å². The molecule has 2 N–H and O–H groups in total. The van der Waals surface area contributed by atoms with E-state index in [1.807, 2.05) is 6.92 Å². The lowest BCUT2D eigenvalue weighted by Gasteiger charge is -2.33. The summed E-state index contributed by atoms with van der Waals surface area (Å²) in [5.41, 5.74) is 0. The van der Waals surface area contributed by atoms with Crippen LogP contribution in [-0.2, 0) is 14.4 Å². The SMILES string of the molecule is CCC1C(=O)NC(=O)CN1C(=O)CCNC. The number of carbonyl (C=O) groups excluding carboxylic acids is 3. The summed E-state index contributed by atoms with van der Waals surface area (Å²) in [4.78, 5) is 35.8. The fourth-order valence-electron chi connectivity index (χ4n) is 1.71. The fourth-order valence-corrected chi connectivity index (χ4v) is 1.71. The molecule has 0 bridgehead atoms. The lowest BCUT2D eigenvalue weighted by molar-refractivity contribution is -0.150. The van der Waals surface area contributed by atoms with Gasteiger partial charge in [-0.2, -0.15) is 0 Å². The van der Waals surface area contributed by atoms with Crippen LogP contribution >= 0.6 is 0 Å². The Kier molecular flexibility index (Phi) is 4.42. The van der Waals surface area contributed by atoms with Gasteiger partial charge in [0.05, 0.1) is 0 Å². The molecule has 0 aromatic carbocycles. The van der Waals surface area contributed by atoms with Crippen molar-refractivity contribution in [2.45, 2.75) is 25.8 Å². The maximum atomic E-state index is 11.8. The molecule has 1 atom stereocenters. The third-order valence-corrected chi connectivity index (χ3v) is 2.55. The van der Waals surface area contributed by atoms with Gasteiger partial charge in [0.2, 0.25) is 17.7 Å².